The van der Waals surface area contributed by atoms with E-state index in [0.29, 0.717) is 18.8 Å². The molecule has 1 fully saturated rings. The average molecular weight is 340 g/mol. The smallest absolute Gasteiger partial charge is 0.293 e. The zero-order chi connectivity index (χ0) is 18.0. The number of para-hydroxylation sites is 1. The van der Waals surface area contributed by atoms with E-state index in [-0.39, 0.29) is 11.3 Å². The highest BCUT2D eigenvalue weighted by Gasteiger charge is 2.25. The molecule has 2 aromatic carbocycles. The van der Waals surface area contributed by atoms with E-state index in [1.807, 2.05) is 17.0 Å². The number of primary amides is 1. The topological polar surface area (TPSA) is 92.7 Å². The van der Waals surface area contributed by atoms with Gasteiger partial charge in [-0.15, -0.1) is 0 Å². The Morgan fingerprint density at radius 1 is 1.04 bits per heavy atom. The highest BCUT2D eigenvalue weighted by molar-refractivity contribution is 5.94. The number of carbonyl (C=O) groups excluding carboxylic acids is 1. The number of piperazine rings is 1. The fourth-order valence-electron chi connectivity index (χ4n) is 3.20. The van der Waals surface area contributed by atoms with Gasteiger partial charge in [-0.1, -0.05) is 18.2 Å². The van der Waals surface area contributed by atoms with E-state index in [1.165, 1.54) is 17.3 Å². The molecule has 7 nitrogen and oxygen atoms in total. The predicted molar refractivity (Wildman–Crippen MR) is 97.2 cm³/mol. The minimum atomic E-state index is -0.668. The maximum Gasteiger partial charge on any atom is 0.293 e. The van der Waals surface area contributed by atoms with Crippen molar-refractivity contribution in [3.63, 3.8) is 0 Å². The molecule has 0 unspecified atom stereocenters. The summed E-state index contributed by atoms with van der Waals surface area (Å²) >= 11 is 0. The van der Waals surface area contributed by atoms with Crippen LogP contribution in [0.25, 0.3) is 0 Å². The Bertz CT molecular complexity index is 814. The summed E-state index contributed by atoms with van der Waals surface area (Å²) in [5, 5.41) is 11.4. The molecule has 1 heterocycles. The number of anilines is 2. The lowest BCUT2D eigenvalue weighted by Crippen LogP contribution is -2.47. The summed E-state index contributed by atoms with van der Waals surface area (Å²) in [6.45, 7) is 4.98. The summed E-state index contributed by atoms with van der Waals surface area (Å²) in [4.78, 5) is 26.5. The van der Waals surface area contributed by atoms with Gasteiger partial charge in [-0.05, 0) is 30.7 Å². The number of carbonyl (C=O) groups is 1. The summed E-state index contributed by atoms with van der Waals surface area (Å²) in [5.41, 5.74) is 8.23. The van der Waals surface area contributed by atoms with Gasteiger partial charge in [-0.2, -0.15) is 0 Å². The van der Waals surface area contributed by atoms with Gasteiger partial charge in [0, 0.05) is 43.5 Å². The van der Waals surface area contributed by atoms with Gasteiger partial charge < -0.3 is 15.5 Å². The van der Waals surface area contributed by atoms with E-state index in [0.717, 1.165) is 13.1 Å². The zero-order valence-corrected chi connectivity index (χ0v) is 14.0. The number of nitro benzene ring substituents is 1. The molecule has 3 rings (SSSR count). The van der Waals surface area contributed by atoms with Gasteiger partial charge in [-0.3, -0.25) is 14.9 Å². The van der Waals surface area contributed by atoms with Crippen LogP contribution in [0.5, 0.6) is 0 Å². The van der Waals surface area contributed by atoms with E-state index < -0.39 is 10.8 Å². The van der Waals surface area contributed by atoms with Crippen LogP contribution in [0.3, 0.4) is 0 Å². The van der Waals surface area contributed by atoms with Crippen LogP contribution in [-0.2, 0) is 0 Å². The lowest BCUT2D eigenvalue weighted by Gasteiger charge is -2.37. The second kappa shape index (κ2) is 6.80. The van der Waals surface area contributed by atoms with Gasteiger partial charge >= 0.3 is 0 Å². The Morgan fingerprint density at radius 2 is 1.64 bits per heavy atom. The van der Waals surface area contributed by atoms with Gasteiger partial charge in [0.2, 0.25) is 5.91 Å². The molecule has 0 spiro atoms. The van der Waals surface area contributed by atoms with E-state index in [1.54, 1.807) is 12.1 Å². The summed E-state index contributed by atoms with van der Waals surface area (Å²) in [6, 6.07) is 12.6. The molecule has 2 N–H and O–H groups in total. The Kier molecular flexibility index (Phi) is 4.56. The highest BCUT2D eigenvalue weighted by atomic mass is 16.6. The molecule has 1 amide bonds. The van der Waals surface area contributed by atoms with Crippen molar-refractivity contribution in [3.8, 4) is 0 Å². The van der Waals surface area contributed by atoms with E-state index in [9.17, 15) is 14.9 Å². The number of hydrogen-bond acceptors (Lipinski definition) is 5. The van der Waals surface area contributed by atoms with Crippen molar-refractivity contribution in [2.45, 2.75) is 6.92 Å². The molecule has 0 bridgehead atoms. The van der Waals surface area contributed by atoms with Crippen molar-refractivity contribution >= 4 is 23.0 Å². The van der Waals surface area contributed by atoms with Crippen LogP contribution in [0.15, 0.2) is 42.5 Å². The average Bonchev–Trinajstić information content (AvgIpc) is 2.61. The van der Waals surface area contributed by atoms with E-state index >= 15 is 0 Å². The Hall–Kier alpha value is -3.09. The molecule has 0 aromatic heterocycles. The quantitative estimate of drug-likeness (QED) is 0.681. The van der Waals surface area contributed by atoms with Gasteiger partial charge in [0.05, 0.1) is 4.92 Å². The van der Waals surface area contributed by atoms with Gasteiger partial charge in [-0.25, -0.2) is 0 Å². The van der Waals surface area contributed by atoms with Crippen LogP contribution >= 0.6 is 0 Å². The largest absolute Gasteiger partial charge is 0.368 e. The first kappa shape index (κ1) is 16.8. The van der Waals surface area contributed by atoms with Crippen LogP contribution in [0.1, 0.15) is 15.9 Å². The Balaban J connectivity index is 1.80. The second-order valence-electron chi connectivity index (χ2n) is 6.09. The summed E-state index contributed by atoms with van der Waals surface area (Å²) in [5.74, 6) is -0.668. The third-order valence-corrected chi connectivity index (χ3v) is 4.53. The van der Waals surface area contributed by atoms with Crippen LogP contribution in [0.2, 0.25) is 0 Å². The third-order valence-electron chi connectivity index (χ3n) is 4.53. The molecule has 0 aliphatic carbocycles. The number of benzene rings is 2. The number of aryl methyl sites for hydroxylation is 1. The van der Waals surface area contributed by atoms with Crippen molar-refractivity contribution in [3.05, 3.63) is 63.7 Å². The normalized spacial score (nSPS) is 14.4. The first-order chi connectivity index (χ1) is 12.0. The second-order valence-corrected chi connectivity index (χ2v) is 6.09. The van der Waals surface area contributed by atoms with Crippen LogP contribution in [0.4, 0.5) is 17.1 Å². The fourth-order valence-corrected chi connectivity index (χ4v) is 3.20. The predicted octanol–water partition coefficient (Wildman–Crippen LogP) is 2.33. The Morgan fingerprint density at radius 3 is 2.20 bits per heavy atom. The zero-order valence-electron chi connectivity index (χ0n) is 14.0. The van der Waals surface area contributed by atoms with Crippen molar-refractivity contribution < 1.29 is 9.72 Å². The molecule has 0 saturated carbocycles. The Labute approximate surface area is 145 Å². The fraction of sp³-hybridized carbons (Fsp3) is 0.278. The standard InChI is InChI=1S/C18H20N4O3/c1-13-4-2-3-5-15(13)20-8-10-21(11-9-20)16-7-6-14(18(19)23)12-17(16)22(24)25/h2-7,12H,8-11H2,1H3,(H2,19,23). The lowest BCUT2D eigenvalue weighted by molar-refractivity contribution is -0.384. The molecular formula is C18H20N4O3. The molecule has 25 heavy (non-hydrogen) atoms. The lowest BCUT2D eigenvalue weighted by atomic mass is 10.1. The molecule has 7 heteroatoms. The van der Waals surface area contributed by atoms with Gasteiger partial charge in [0.1, 0.15) is 5.69 Å². The number of rotatable bonds is 4. The van der Waals surface area contributed by atoms with Crippen LogP contribution in [0, 0.1) is 17.0 Å². The van der Waals surface area contributed by atoms with Crippen molar-refractivity contribution in [1.82, 2.24) is 0 Å². The summed E-state index contributed by atoms with van der Waals surface area (Å²) in [6.07, 6.45) is 0. The molecule has 130 valence electrons. The monoisotopic (exact) mass is 340 g/mol. The molecule has 1 saturated heterocycles. The minimum absolute atomic E-state index is 0.0827. The maximum atomic E-state index is 11.4. The van der Waals surface area contributed by atoms with Crippen molar-refractivity contribution in [2.24, 2.45) is 5.73 Å². The first-order valence-corrected chi connectivity index (χ1v) is 8.11. The molecule has 2 aromatic rings. The molecular weight excluding hydrogens is 320 g/mol. The number of hydrogen-bond donors (Lipinski definition) is 1. The number of nitrogens with two attached hydrogens (primary N) is 1. The molecule has 0 atom stereocenters. The van der Waals surface area contributed by atoms with Crippen LogP contribution < -0.4 is 15.5 Å². The molecule has 0 radical (unpaired) electrons. The van der Waals surface area contributed by atoms with Crippen LogP contribution in [-0.4, -0.2) is 37.0 Å². The van der Waals surface area contributed by atoms with Gasteiger partial charge in [0.15, 0.2) is 0 Å². The first-order valence-electron chi connectivity index (χ1n) is 8.11. The summed E-state index contributed by atoms with van der Waals surface area (Å²) < 4.78 is 0. The number of nitrogens with zero attached hydrogens (tertiary/aromatic N) is 3. The van der Waals surface area contributed by atoms with Gasteiger partial charge in [0.25, 0.3) is 5.69 Å². The van der Waals surface area contributed by atoms with Crippen molar-refractivity contribution in [1.29, 1.82) is 0 Å². The molecule has 1 aliphatic heterocycles. The van der Waals surface area contributed by atoms with Crippen molar-refractivity contribution in [2.75, 3.05) is 36.0 Å². The maximum absolute atomic E-state index is 11.4. The number of nitro groups is 1. The van der Waals surface area contributed by atoms with E-state index in [2.05, 4.69) is 24.0 Å². The minimum Gasteiger partial charge on any atom is -0.368 e. The summed E-state index contributed by atoms with van der Waals surface area (Å²) in [7, 11) is 0. The third kappa shape index (κ3) is 3.40. The number of amides is 1. The van der Waals surface area contributed by atoms with E-state index in [4.69, 9.17) is 5.73 Å². The SMILES string of the molecule is Cc1ccccc1N1CCN(c2ccc(C(N)=O)cc2[N+](=O)[O-])CC1. The molecule has 1 aliphatic rings. The highest BCUT2D eigenvalue weighted by Crippen LogP contribution is 2.31.